The highest BCUT2D eigenvalue weighted by atomic mass is 19.1. The van der Waals surface area contributed by atoms with Crippen LogP contribution < -0.4 is 10.9 Å². The van der Waals surface area contributed by atoms with E-state index in [9.17, 15) is 9.18 Å². The molecule has 1 aromatic heterocycles. The molecule has 2 aromatic carbocycles. The Morgan fingerprint density at radius 2 is 1.92 bits per heavy atom. The average Bonchev–Trinajstić information content (AvgIpc) is 3.05. The molecule has 0 saturated heterocycles. The molecule has 0 spiro atoms. The van der Waals surface area contributed by atoms with E-state index in [0.29, 0.717) is 17.7 Å². The summed E-state index contributed by atoms with van der Waals surface area (Å²) < 4.78 is 19.3. The van der Waals surface area contributed by atoms with Crippen LogP contribution >= 0.6 is 0 Å². The topological polar surface area (TPSA) is 42.2 Å². The normalized spacial score (nSPS) is 14.6. The predicted molar refractivity (Wildman–Crippen MR) is 96.2 cm³/mol. The molecular weight excluding hydrogens is 317 g/mol. The van der Waals surface area contributed by atoms with Crippen molar-refractivity contribution in [2.45, 2.75) is 38.8 Å². The number of benzene rings is 2. The van der Waals surface area contributed by atoms with Gasteiger partial charge in [-0.3, -0.25) is 0 Å². The van der Waals surface area contributed by atoms with Gasteiger partial charge in [0.25, 0.3) is 0 Å². The second-order valence-electron chi connectivity index (χ2n) is 6.69. The van der Waals surface area contributed by atoms with E-state index in [1.54, 1.807) is 12.1 Å². The van der Waals surface area contributed by atoms with Crippen LogP contribution in [0.2, 0.25) is 0 Å². The Kier molecular flexibility index (Phi) is 4.14. The van der Waals surface area contributed by atoms with Crippen LogP contribution in [0.1, 0.15) is 41.6 Å². The van der Waals surface area contributed by atoms with E-state index < -0.39 is 0 Å². The molecule has 1 unspecified atom stereocenters. The van der Waals surface area contributed by atoms with Gasteiger partial charge in [-0.2, -0.15) is 0 Å². The van der Waals surface area contributed by atoms with Crippen LogP contribution in [0.5, 0.6) is 0 Å². The fourth-order valence-corrected chi connectivity index (χ4v) is 3.64. The van der Waals surface area contributed by atoms with Crippen molar-refractivity contribution >= 4 is 11.0 Å². The first-order valence-corrected chi connectivity index (χ1v) is 8.68. The van der Waals surface area contributed by atoms with Crippen LogP contribution in [0.15, 0.2) is 51.7 Å². The Morgan fingerprint density at radius 1 is 1.16 bits per heavy atom. The van der Waals surface area contributed by atoms with Crippen molar-refractivity contribution < 1.29 is 8.81 Å². The van der Waals surface area contributed by atoms with Crippen molar-refractivity contribution in [1.82, 2.24) is 5.32 Å². The second-order valence-corrected chi connectivity index (χ2v) is 6.69. The lowest BCUT2D eigenvalue weighted by molar-refractivity contribution is 0.523. The Morgan fingerprint density at radius 3 is 2.72 bits per heavy atom. The van der Waals surface area contributed by atoms with Crippen molar-refractivity contribution in [3.05, 3.63) is 81.0 Å². The average molecular weight is 337 g/mol. The van der Waals surface area contributed by atoms with Gasteiger partial charge in [0, 0.05) is 29.6 Å². The monoisotopic (exact) mass is 337 g/mol. The number of fused-ring (bicyclic) bond motifs is 2. The molecule has 1 atom stereocenters. The lowest BCUT2D eigenvalue weighted by Gasteiger charge is -2.16. The van der Waals surface area contributed by atoms with Gasteiger partial charge in [0.2, 0.25) is 0 Å². The first-order chi connectivity index (χ1) is 12.1. The van der Waals surface area contributed by atoms with Gasteiger partial charge in [-0.1, -0.05) is 18.2 Å². The Hall–Kier alpha value is -2.46. The number of nitrogens with one attached hydrogen (secondary N) is 1. The summed E-state index contributed by atoms with van der Waals surface area (Å²) in [5, 5.41) is 4.29. The Labute approximate surface area is 145 Å². The van der Waals surface area contributed by atoms with Crippen molar-refractivity contribution in [3.63, 3.8) is 0 Å². The molecule has 1 aliphatic rings. The predicted octanol–water partition coefficient (Wildman–Crippen LogP) is 4.27. The number of hydrogen-bond donors (Lipinski definition) is 1. The summed E-state index contributed by atoms with van der Waals surface area (Å²) in [4.78, 5) is 11.9. The minimum Gasteiger partial charge on any atom is -0.423 e. The maximum Gasteiger partial charge on any atom is 0.336 e. The number of rotatable bonds is 4. The highest BCUT2D eigenvalue weighted by molar-refractivity contribution is 5.82. The minimum absolute atomic E-state index is 0.155. The first kappa shape index (κ1) is 16.0. The zero-order chi connectivity index (χ0) is 17.4. The van der Waals surface area contributed by atoms with Crippen molar-refractivity contribution in [2.75, 3.05) is 0 Å². The molecule has 0 saturated carbocycles. The van der Waals surface area contributed by atoms with Crippen LogP contribution in [0.4, 0.5) is 4.39 Å². The first-order valence-electron chi connectivity index (χ1n) is 8.68. The highest BCUT2D eigenvalue weighted by Crippen LogP contribution is 2.28. The van der Waals surface area contributed by atoms with E-state index in [0.717, 1.165) is 30.2 Å². The fraction of sp³-hybridized carbons (Fsp3) is 0.286. The van der Waals surface area contributed by atoms with Crippen molar-refractivity contribution in [2.24, 2.45) is 0 Å². The summed E-state index contributed by atoms with van der Waals surface area (Å²) in [6.45, 7) is 2.40. The molecule has 25 heavy (non-hydrogen) atoms. The Balaban J connectivity index is 1.65. The molecule has 1 N–H and O–H groups in total. The summed E-state index contributed by atoms with van der Waals surface area (Å²) in [6.07, 6.45) is 3.26. The van der Waals surface area contributed by atoms with Gasteiger partial charge >= 0.3 is 5.63 Å². The molecular formula is C21H20FNO2. The molecule has 3 nitrogen and oxygen atoms in total. The molecule has 0 amide bonds. The zero-order valence-corrected chi connectivity index (χ0v) is 14.1. The van der Waals surface area contributed by atoms with E-state index in [4.69, 9.17) is 4.42 Å². The third-order valence-electron chi connectivity index (χ3n) is 5.01. The summed E-state index contributed by atoms with van der Waals surface area (Å²) in [7, 11) is 0. The van der Waals surface area contributed by atoms with Gasteiger partial charge in [0.1, 0.15) is 11.4 Å². The van der Waals surface area contributed by atoms with Gasteiger partial charge in [0.15, 0.2) is 0 Å². The molecule has 0 aliphatic heterocycles. The molecule has 0 radical (unpaired) electrons. The number of aryl methyl sites for hydroxylation is 2. The second kappa shape index (κ2) is 6.45. The zero-order valence-electron chi connectivity index (χ0n) is 14.1. The maximum atomic E-state index is 13.9. The smallest absolute Gasteiger partial charge is 0.336 e. The summed E-state index contributed by atoms with van der Waals surface area (Å²) in [5.74, 6) is -0.224. The molecule has 1 heterocycles. The van der Waals surface area contributed by atoms with Gasteiger partial charge < -0.3 is 9.73 Å². The molecule has 0 bridgehead atoms. The van der Waals surface area contributed by atoms with Crippen LogP contribution in [0.3, 0.4) is 0 Å². The van der Waals surface area contributed by atoms with Crippen molar-refractivity contribution in [3.8, 4) is 0 Å². The quantitative estimate of drug-likeness (QED) is 0.723. The summed E-state index contributed by atoms with van der Waals surface area (Å²) in [6, 6.07) is 12.3. The Bertz CT molecular complexity index is 993. The third kappa shape index (κ3) is 3.10. The third-order valence-corrected chi connectivity index (χ3v) is 5.01. The van der Waals surface area contributed by atoms with Gasteiger partial charge in [-0.05, 0) is 61.1 Å². The largest absolute Gasteiger partial charge is 0.423 e. The van der Waals surface area contributed by atoms with E-state index >= 15 is 0 Å². The van der Waals surface area contributed by atoms with Gasteiger partial charge in [-0.15, -0.1) is 0 Å². The molecule has 0 fully saturated rings. The standard InChI is InChI=1S/C21H20FNO2/c1-13(17-7-2-3-8-19(17)22)23-12-16-11-21(24)25-20-10-15-6-4-5-14(15)9-18(16)20/h2-3,7-11,13,23H,4-6,12H2,1H3. The SMILES string of the molecule is CC(NCc1cc(=O)oc2cc3c(cc12)CCC3)c1ccccc1F. The summed E-state index contributed by atoms with van der Waals surface area (Å²) in [5.41, 5.74) is 4.43. The molecule has 1 aliphatic carbocycles. The maximum absolute atomic E-state index is 13.9. The summed E-state index contributed by atoms with van der Waals surface area (Å²) >= 11 is 0. The molecule has 128 valence electrons. The van der Waals surface area contributed by atoms with Crippen molar-refractivity contribution in [1.29, 1.82) is 0 Å². The van der Waals surface area contributed by atoms with E-state index in [1.165, 1.54) is 23.3 Å². The van der Waals surface area contributed by atoms with Crippen LogP contribution in [0.25, 0.3) is 11.0 Å². The van der Waals surface area contributed by atoms with E-state index in [2.05, 4.69) is 11.4 Å². The molecule has 4 heteroatoms. The molecule has 4 rings (SSSR count). The fourth-order valence-electron chi connectivity index (χ4n) is 3.64. The highest BCUT2D eigenvalue weighted by Gasteiger charge is 2.16. The van der Waals surface area contributed by atoms with E-state index in [1.807, 2.05) is 19.1 Å². The van der Waals surface area contributed by atoms with Gasteiger partial charge in [-0.25, -0.2) is 9.18 Å². The lowest BCUT2D eigenvalue weighted by atomic mass is 10.0. The van der Waals surface area contributed by atoms with Crippen LogP contribution in [-0.4, -0.2) is 0 Å². The van der Waals surface area contributed by atoms with Crippen LogP contribution in [0, 0.1) is 5.82 Å². The minimum atomic E-state index is -0.346. The number of hydrogen-bond acceptors (Lipinski definition) is 3. The number of halogens is 1. The van der Waals surface area contributed by atoms with Gasteiger partial charge in [0.05, 0.1) is 0 Å². The lowest BCUT2D eigenvalue weighted by Crippen LogP contribution is -2.20. The van der Waals surface area contributed by atoms with E-state index in [-0.39, 0.29) is 17.5 Å². The van der Waals surface area contributed by atoms with Crippen LogP contribution in [-0.2, 0) is 19.4 Å². The molecule has 3 aromatic rings.